The first kappa shape index (κ1) is 16.0. The largest absolute Gasteiger partial charge is 0.472 e. The standard InChI is InChI=1S/C14H16N2OS.CH4.HI/c1-2-4-13-11(3-1)14(15-18-13)17-12-9-16-7-5-10(12)6-8-16;;/h1-4,10,12H,5-9H2;1H4;1H. The van der Waals surface area contributed by atoms with Crippen molar-refractivity contribution in [1.82, 2.24) is 9.27 Å². The second kappa shape index (κ2) is 6.58. The van der Waals surface area contributed by atoms with E-state index in [2.05, 4.69) is 33.5 Å². The molecule has 4 heterocycles. The zero-order valence-corrected chi connectivity index (χ0v) is 13.8. The van der Waals surface area contributed by atoms with Gasteiger partial charge in [0.1, 0.15) is 6.10 Å². The summed E-state index contributed by atoms with van der Waals surface area (Å²) >= 11 is 1.53. The quantitative estimate of drug-likeness (QED) is 0.707. The second-order valence-corrected chi connectivity index (χ2v) is 6.08. The Kier molecular flexibility index (Phi) is 5.25. The predicted octanol–water partition coefficient (Wildman–Crippen LogP) is 4.02. The maximum Gasteiger partial charge on any atom is 0.233 e. The van der Waals surface area contributed by atoms with Gasteiger partial charge in [0.05, 0.1) is 10.1 Å². The first-order valence-electron chi connectivity index (χ1n) is 6.63. The van der Waals surface area contributed by atoms with Crippen molar-refractivity contribution < 1.29 is 4.74 Å². The van der Waals surface area contributed by atoms with Crippen molar-refractivity contribution in [3.8, 4) is 5.88 Å². The lowest BCUT2D eigenvalue weighted by atomic mass is 9.86. The van der Waals surface area contributed by atoms with E-state index in [1.165, 1.54) is 47.5 Å². The van der Waals surface area contributed by atoms with Crippen molar-refractivity contribution in [2.24, 2.45) is 5.92 Å². The molecule has 3 nitrogen and oxygen atoms in total. The molecule has 5 rings (SSSR count). The van der Waals surface area contributed by atoms with Crippen LogP contribution in [0.4, 0.5) is 0 Å². The lowest BCUT2D eigenvalue weighted by molar-refractivity contribution is -0.00870. The fourth-order valence-corrected chi connectivity index (χ4v) is 3.85. The molecule has 0 N–H and O–H groups in total. The maximum absolute atomic E-state index is 6.20. The lowest BCUT2D eigenvalue weighted by Crippen LogP contribution is -2.52. The number of aromatic nitrogens is 1. The van der Waals surface area contributed by atoms with Crippen molar-refractivity contribution in [3.63, 3.8) is 0 Å². The molecule has 3 aliphatic heterocycles. The van der Waals surface area contributed by atoms with Crippen molar-refractivity contribution in [2.45, 2.75) is 26.4 Å². The number of fused-ring (bicyclic) bond motifs is 4. The third kappa shape index (κ3) is 2.80. The van der Waals surface area contributed by atoms with Gasteiger partial charge in [-0.05, 0) is 55.5 Å². The van der Waals surface area contributed by atoms with Crippen LogP contribution in [0.2, 0.25) is 0 Å². The maximum atomic E-state index is 6.20. The number of rotatable bonds is 2. The minimum atomic E-state index is 0. The smallest absolute Gasteiger partial charge is 0.233 e. The van der Waals surface area contributed by atoms with E-state index in [0.717, 1.165) is 18.3 Å². The molecule has 1 atom stereocenters. The van der Waals surface area contributed by atoms with Crippen LogP contribution in [-0.4, -0.2) is 35.0 Å². The Bertz CT molecular complexity index is 566. The monoisotopic (exact) mass is 404 g/mol. The van der Waals surface area contributed by atoms with Gasteiger partial charge in [-0.2, -0.15) is 4.37 Å². The van der Waals surface area contributed by atoms with E-state index in [9.17, 15) is 0 Å². The van der Waals surface area contributed by atoms with E-state index >= 15 is 0 Å². The SMILES string of the molecule is C.I.c1ccc2c(OC3CN4CCC3CC4)nsc2c1. The molecule has 2 bridgehead atoms. The van der Waals surface area contributed by atoms with Gasteiger partial charge >= 0.3 is 0 Å². The van der Waals surface area contributed by atoms with Gasteiger partial charge in [0, 0.05) is 6.54 Å². The predicted molar refractivity (Wildman–Crippen MR) is 95.3 cm³/mol. The van der Waals surface area contributed by atoms with E-state index in [-0.39, 0.29) is 31.4 Å². The van der Waals surface area contributed by atoms with E-state index in [4.69, 9.17) is 4.74 Å². The molecule has 0 amide bonds. The summed E-state index contributed by atoms with van der Waals surface area (Å²) in [6, 6.07) is 8.32. The Morgan fingerprint density at radius 2 is 1.95 bits per heavy atom. The molecule has 110 valence electrons. The number of ether oxygens (including phenoxy) is 1. The molecule has 3 fully saturated rings. The van der Waals surface area contributed by atoms with Crippen LogP contribution >= 0.6 is 35.5 Å². The second-order valence-electron chi connectivity index (χ2n) is 5.28. The first-order valence-corrected chi connectivity index (χ1v) is 7.41. The number of hydrogen-bond donors (Lipinski definition) is 0. The molecule has 1 aromatic heterocycles. The van der Waals surface area contributed by atoms with Gasteiger partial charge in [-0.15, -0.1) is 24.0 Å². The van der Waals surface area contributed by atoms with Crippen LogP contribution in [0.5, 0.6) is 5.88 Å². The molecule has 2 aromatic rings. The molecule has 1 aromatic carbocycles. The zero-order valence-electron chi connectivity index (χ0n) is 10.6. The number of piperidine rings is 3. The van der Waals surface area contributed by atoms with Crippen molar-refractivity contribution in [2.75, 3.05) is 19.6 Å². The Morgan fingerprint density at radius 1 is 1.20 bits per heavy atom. The summed E-state index contributed by atoms with van der Waals surface area (Å²) < 4.78 is 11.9. The van der Waals surface area contributed by atoms with Crippen molar-refractivity contribution >= 4 is 45.6 Å². The molecule has 0 spiro atoms. The number of halogens is 1. The fraction of sp³-hybridized carbons (Fsp3) is 0.533. The summed E-state index contributed by atoms with van der Waals surface area (Å²) in [7, 11) is 0. The first-order chi connectivity index (χ1) is 8.90. The highest BCUT2D eigenvalue weighted by Gasteiger charge is 2.36. The average Bonchev–Trinajstić information content (AvgIpc) is 2.84. The van der Waals surface area contributed by atoms with Crippen LogP contribution in [0.25, 0.3) is 10.1 Å². The third-order valence-electron chi connectivity index (χ3n) is 4.20. The van der Waals surface area contributed by atoms with Gasteiger partial charge in [-0.3, -0.25) is 4.90 Å². The van der Waals surface area contributed by atoms with Crippen LogP contribution < -0.4 is 4.74 Å². The Hall–Kier alpha value is -0.400. The summed E-state index contributed by atoms with van der Waals surface area (Å²) in [5.41, 5.74) is 0. The van der Waals surface area contributed by atoms with E-state index in [1.807, 2.05) is 0 Å². The Labute approximate surface area is 141 Å². The van der Waals surface area contributed by atoms with E-state index < -0.39 is 0 Å². The molecule has 0 radical (unpaired) electrons. The minimum Gasteiger partial charge on any atom is -0.472 e. The highest BCUT2D eigenvalue weighted by molar-refractivity contribution is 14.0. The van der Waals surface area contributed by atoms with Crippen LogP contribution in [-0.2, 0) is 0 Å². The fourth-order valence-electron chi connectivity index (χ4n) is 3.14. The molecule has 0 aliphatic carbocycles. The highest BCUT2D eigenvalue weighted by Crippen LogP contribution is 2.34. The number of benzene rings is 1. The molecular formula is C15H21IN2OS. The van der Waals surface area contributed by atoms with Gasteiger partial charge in [0.15, 0.2) is 0 Å². The van der Waals surface area contributed by atoms with Gasteiger partial charge in [0.2, 0.25) is 5.88 Å². The minimum absolute atomic E-state index is 0. The lowest BCUT2D eigenvalue weighted by Gasteiger charge is -2.44. The molecule has 3 aliphatic rings. The van der Waals surface area contributed by atoms with Crippen LogP contribution in [0, 0.1) is 5.92 Å². The van der Waals surface area contributed by atoms with E-state index in [0.29, 0.717) is 6.10 Å². The topological polar surface area (TPSA) is 25.4 Å². The summed E-state index contributed by atoms with van der Waals surface area (Å²) in [5.74, 6) is 1.57. The van der Waals surface area contributed by atoms with E-state index in [1.54, 1.807) is 0 Å². The van der Waals surface area contributed by atoms with Gasteiger partial charge in [-0.1, -0.05) is 19.6 Å². The van der Waals surface area contributed by atoms with Crippen LogP contribution in [0.1, 0.15) is 20.3 Å². The summed E-state index contributed by atoms with van der Waals surface area (Å²) in [6.45, 7) is 3.58. The Balaban J connectivity index is 0.000000735. The van der Waals surface area contributed by atoms with Crippen molar-refractivity contribution in [1.29, 1.82) is 0 Å². The molecule has 1 unspecified atom stereocenters. The molecular weight excluding hydrogens is 383 g/mol. The van der Waals surface area contributed by atoms with Crippen molar-refractivity contribution in [3.05, 3.63) is 24.3 Å². The van der Waals surface area contributed by atoms with Crippen LogP contribution in [0.15, 0.2) is 24.3 Å². The third-order valence-corrected chi connectivity index (χ3v) is 5.01. The molecule has 3 saturated heterocycles. The number of nitrogens with zero attached hydrogens (tertiary/aromatic N) is 2. The number of hydrogen-bond acceptors (Lipinski definition) is 4. The highest BCUT2D eigenvalue weighted by atomic mass is 127. The molecule has 20 heavy (non-hydrogen) atoms. The summed E-state index contributed by atoms with van der Waals surface area (Å²) in [4.78, 5) is 2.51. The Morgan fingerprint density at radius 3 is 2.65 bits per heavy atom. The van der Waals surface area contributed by atoms with Gasteiger partial charge < -0.3 is 4.74 Å². The summed E-state index contributed by atoms with van der Waals surface area (Å²) in [6.07, 6.45) is 2.91. The zero-order chi connectivity index (χ0) is 11.9. The molecule has 0 saturated carbocycles. The molecule has 5 heteroatoms. The van der Waals surface area contributed by atoms with Gasteiger partial charge in [0.25, 0.3) is 0 Å². The normalized spacial score (nSPS) is 27.7. The van der Waals surface area contributed by atoms with Gasteiger partial charge in [-0.25, -0.2) is 0 Å². The average molecular weight is 404 g/mol. The van der Waals surface area contributed by atoms with Crippen LogP contribution in [0.3, 0.4) is 0 Å². The summed E-state index contributed by atoms with van der Waals surface area (Å²) in [5, 5.41) is 1.17.